The molecule has 1 fully saturated rings. The molecule has 0 spiro atoms. The second-order valence-corrected chi connectivity index (χ2v) is 18.9. The van der Waals surface area contributed by atoms with Crippen molar-refractivity contribution in [3.8, 4) is 5.75 Å². The molecule has 1 aliphatic rings. The number of aliphatic carboxylic acids is 1. The number of carboxylic acids is 1. The zero-order valence-electron chi connectivity index (χ0n) is 42.2. The van der Waals surface area contributed by atoms with Crippen LogP contribution < -0.4 is 54.0 Å². The minimum Gasteiger partial charge on any atom is -0.508 e. The van der Waals surface area contributed by atoms with Crippen molar-refractivity contribution in [2.45, 2.75) is 178 Å². The third kappa shape index (κ3) is 24.2. The first kappa shape index (κ1) is 63.2. The quantitative estimate of drug-likeness (QED) is 0.0479. The number of carboxylic acid groups (broad SMARTS) is 1. The Labute approximate surface area is 429 Å². The van der Waals surface area contributed by atoms with Gasteiger partial charge in [0.25, 0.3) is 0 Å². The fourth-order valence-electron chi connectivity index (χ4n) is 7.84. The van der Waals surface area contributed by atoms with Crippen molar-refractivity contribution in [1.29, 1.82) is 0 Å². The molecule has 1 aliphatic heterocycles. The Kier molecular flexibility index (Phi) is 28.2. The lowest BCUT2D eigenvalue weighted by Crippen LogP contribution is -2.62. The normalized spacial score (nSPS) is 23.8. The lowest BCUT2D eigenvalue weighted by atomic mass is 10.0. The van der Waals surface area contributed by atoms with Crippen molar-refractivity contribution in [3.05, 3.63) is 29.8 Å². The van der Waals surface area contributed by atoms with Gasteiger partial charge in [-0.25, -0.2) is 0 Å². The van der Waals surface area contributed by atoms with E-state index in [2.05, 4.69) is 56.4 Å². The number of aromatic hydroxyl groups is 1. The number of carbonyl (C=O) groups excluding carboxylic acids is 10. The first-order chi connectivity index (χ1) is 34.9. The van der Waals surface area contributed by atoms with Gasteiger partial charge in [0.1, 0.15) is 48.0 Å². The molecule has 414 valence electrons. The highest BCUT2D eigenvalue weighted by atomic mass is 16.4. The van der Waals surface area contributed by atoms with E-state index in [9.17, 15) is 78.3 Å². The zero-order chi connectivity index (χ0) is 55.5. The van der Waals surface area contributed by atoms with Gasteiger partial charge >= 0.3 is 5.97 Å². The number of nitrogens with two attached hydrogens (primary N) is 2. The molecule has 0 radical (unpaired) electrons. The number of phenols is 1. The molecule has 74 heavy (non-hydrogen) atoms. The number of primary amides is 2. The molecule has 1 unspecified atom stereocenters. The van der Waals surface area contributed by atoms with Crippen LogP contribution >= 0.6 is 0 Å². The minimum atomic E-state index is -1.98. The van der Waals surface area contributed by atoms with Crippen molar-refractivity contribution in [2.24, 2.45) is 17.4 Å². The Bertz CT molecular complexity index is 2070. The van der Waals surface area contributed by atoms with Gasteiger partial charge in [0.05, 0.1) is 32.2 Å². The molecule has 2 rings (SSSR count). The molecule has 9 atom stereocenters. The molecular formula is C48H76N10O16. The van der Waals surface area contributed by atoms with Crippen LogP contribution in [0.4, 0.5) is 0 Å². The number of aliphatic hydroxyl groups is 3. The first-order valence-corrected chi connectivity index (χ1v) is 24.8. The average molecular weight is 1050 g/mol. The molecule has 0 aromatic heterocycles. The molecule has 26 nitrogen and oxygen atoms in total. The molecule has 1 aromatic rings. The van der Waals surface area contributed by atoms with Gasteiger partial charge in [-0.1, -0.05) is 83.8 Å². The van der Waals surface area contributed by atoms with Gasteiger partial charge < -0.3 is 79.5 Å². The number of benzene rings is 1. The predicted molar refractivity (Wildman–Crippen MR) is 263 cm³/mol. The van der Waals surface area contributed by atoms with Crippen molar-refractivity contribution < 1.29 is 78.3 Å². The number of carbonyl (C=O) groups is 11. The van der Waals surface area contributed by atoms with Crippen LogP contribution in [-0.2, 0) is 59.2 Å². The SMILES string of the molecule is CC(C)CCCCCCCCCCC1CC(=O)N[C@@H](CC(N)=O)C(=O)N[C@H](Cc2ccc(O)cc2)C(=O)N[C@H](CC(N)=O)C(=O)N[C@@H](CO)C(=O)N[C@@H](CCC(=O)O)C(=O)N[C@H](CO)C(=O)N[C@@H]([C@@H](C)O)C(=O)N1. The van der Waals surface area contributed by atoms with Crippen LogP contribution in [0.15, 0.2) is 24.3 Å². The van der Waals surface area contributed by atoms with E-state index in [1.54, 1.807) is 0 Å². The molecular weight excluding hydrogens is 973 g/mol. The summed E-state index contributed by atoms with van der Waals surface area (Å²) in [6.07, 6.45) is 2.84. The second kappa shape index (κ2) is 33.0. The van der Waals surface area contributed by atoms with Crippen LogP contribution in [0.25, 0.3) is 0 Å². The molecule has 0 saturated carbocycles. The van der Waals surface area contributed by atoms with Crippen LogP contribution in [0.1, 0.15) is 123 Å². The van der Waals surface area contributed by atoms with Gasteiger partial charge in [-0.2, -0.15) is 0 Å². The summed E-state index contributed by atoms with van der Waals surface area (Å²) in [5.74, 6) is -12.6. The molecule has 26 heteroatoms. The maximum absolute atomic E-state index is 14.1. The Balaban J connectivity index is 2.67. The Morgan fingerprint density at radius 1 is 0.554 bits per heavy atom. The van der Waals surface area contributed by atoms with Gasteiger partial charge in [-0.3, -0.25) is 52.7 Å². The Morgan fingerprint density at radius 2 is 0.986 bits per heavy atom. The third-order valence-electron chi connectivity index (χ3n) is 11.9. The van der Waals surface area contributed by atoms with E-state index < -0.39 is 165 Å². The van der Waals surface area contributed by atoms with E-state index in [-0.39, 0.29) is 18.6 Å². The predicted octanol–water partition coefficient (Wildman–Crippen LogP) is -3.25. The van der Waals surface area contributed by atoms with Crippen LogP contribution in [0, 0.1) is 5.92 Å². The molecule has 1 heterocycles. The lowest BCUT2D eigenvalue weighted by molar-refractivity contribution is -0.139. The van der Waals surface area contributed by atoms with Gasteiger partial charge in [0, 0.05) is 25.3 Å². The van der Waals surface area contributed by atoms with Crippen molar-refractivity contribution >= 4 is 65.0 Å². The fraction of sp³-hybridized carbons (Fsp3) is 0.646. The van der Waals surface area contributed by atoms with Crippen molar-refractivity contribution in [3.63, 3.8) is 0 Å². The van der Waals surface area contributed by atoms with Gasteiger partial charge in [-0.15, -0.1) is 0 Å². The standard InChI is InChI=1S/C48H76N10O16/c1-26(2)12-10-8-6-4-5-7-9-11-13-29-21-39(65)52-33(22-37(49)63)44(70)54-32(20-28-14-16-30(62)17-15-28)43(69)55-34(23-38(50)64)45(71)57-35(24-59)46(72)53-31(18-19-40(66)67)42(68)56-36(25-60)47(73)58-41(27(3)61)48(74)51-29/h14-17,26-27,29,31-36,41,59-62H,4-13,18-25H2,1-3H3,(H2,49,63)(H2,50,64)(H,51,74)(H,52,65)(H,53,72)(H,54,70)(H,55,69)(H,56,68)(H,57,71)(H,58,73)(H,66,67)/t27-,29?,31+,32-,33+,34-,35+,36-,41+/m1/s1. The van der Waals surface area contributed by atoms with Crippen LogP contribution in [0.3, 0.4) is 0 Å². The number of unbranched alkanes of at least 4 members (excludes halogenated alkanes) is 7. The number of hydrogen-bond acceptors (Lipinski definition) is 15. The molecule has 1 saturated heterocycles. The molecule has 17 N–H and O–H groups in total. The van der Waals surface area contributed by atoms with E-state index in [1.807, 2.05) is 0 Å². The summed E-state index contributed by atoms with van der Waals surface area (Å²) in [7, 11) is 0. The van der Waals surface area contributed by atoms with E-state index in [1.165, 1.54) is 24.3 Å². The van der Waals surface area contributed by atoms with E-state index >= 15 is 0 Å². The van der Waals surface area contributed by atoms with E-state index in [4.69, 9.17) is 11.5 Å². The van der Waals surface area contributed by atoms with E-state index in [0.717, 1.165) is 51.9 Å². The minimum absolute atomic E-state index is 0.158. The Morgan fingerprint density at radius 3 is 1.49 bits per heavy atom. The zero-order valence-corrected chi connectivity index (χ0v) is 42.2. The second-order valence-electron chi connectivity index (χ2n) is 18.9. The Hall–Kier alpha value is -6.93. The topological polar surface area (TPSA) is 437 Å². The van der Waals surface area contributed by atoms with Gasteiger partial charge in [0.15, 0.2) is 0 Å². The van der Waals surface area contributed by atoms with Crippen LogP contribution in [0.2, 0.25) is 0 Å². The summed E-state index contributed by atoms with van der Waals surface area (Å²) >= 11 is 0. The summed E-state index contributed by atoms with van der Waals surface area (Å²) in [4.78, 5) is 146. The van der Waals surface area contributed by atoms with Gasteiger partial charge in [-0.05, 0) is 43.4 Å². The molecule has 1 aromatic carbocycles. The molecule has 0 bridgehead atoms. The van der Waals surface area contributed by atoms with Crippen LogP contribution in [0.5, 0.6) is 5.75 Å². The summed E-state index contributed by atoms with van der Waals surface area (Å²) in [6.45, 7) is 3.16. The molecule has 0 aliphatic carbocycles. The number of nitrogens with one attached hydrogen (secondary N) is 8. The van der Waals surface area contributed by atoms with Crippen molar-refractivity contribution in [1.82, 2.24) is 42.5 Å². The van der Waals surface area contributed by atoms with E-state index in [0.29, 0.717) is 24.3 Å². The number of phenolic OH excluding ortho intramolecular Hbond substituents is 1. The molecule has 10 amide bonds. The maximum Gasteiger partial charge on any atom is 0.303 e. The van der Waals surface area contributed by atoms with Gasteiger partial charge in [0.2, 0.25) is 59.1 Å². The fourth-order valence-corrected chi connectivity index (χ4v) is 7.84. The highest BCUT2D eigenvalue weighted by Crippen LogP contribution is 2.16. The lowest BCUT2D eigenvalue weighted by Gasteiger charge is -2.28. The number of amides is 10. The largest absolute Gasteiger partial charge is 0.508 e. The van der Waals surface area contributed by atoms with Crippen molar-refractivity contribution in [2.75, 3.05) is 13.2 Å². The monoisotopic (exact) mass is 1050 g/mol. The summed E-state index contributed by atoms with van der Waals surface area (Å²) in [5, 5.41) is 68.7. The number of rotatable bonds is 23. The maximum atomic E-state index is 14.1. The smallest absolute Gasteiger partial charge is 0.303 e. The summed E-state index contributed by atoms with van der Waals surface area (Å²) in [5.41, 5.74) is 11.2. The summed E-state index contributed by atoms with van der Waals surface area (Å²) < 4.78 is 0. The highest BCUT2D eigenvalue weighted by Gasteiger charge is 2.36. The first-order valence-electron chi connectivity index (χ1n) is 24.8. The van der Waals surface area contributed by atoms with Crippen LogP contribution in [-0.4, -0.2) is 158 Å². The number of aliphatic hydroxyl groups excluding tert-OH is 3. The average Bonchev–Trinajstić information content (AvgIpc) is 3.32. The highest BCUT2D eigenvalue weighted by molar-refractivity contribution is 5.99. The summed E-state index contributed by atoms with van der Waals surface area (Å²) in [6, 6.07) is -8.62. The third-order valence-corrected chi connectivity index (χ3v) is 11.9. The number of hydrogen-bond donors (Lipinski definition) is 15.